The summed E-state index contributed by atoms with van der Waals surface area (Å²) in [5.41, 5.74) is 5.98. The van der Waals surface area contributed by atoms with E-state index in [0.717, 1.165) is 37.8 Å². The van der Waals surface area contributed by atoms with Crippen molar-refractivity contribution in [1.82, 2.24) is 4.90 Å². The van der Waals surface area contributed by atoms with Crippen LogP contribution in [0.1, 0.15) is 58.3 Å². The molecule has 0 aromatic heterocycles. The van der Waals surface area contributed by atoms with Gasteiger partial charge in [-0.3, -0.25) is 4.79 Å². The molecule has 0 aromatic rings. The lowest BCUT2D eigenvalue weighted by atomic mass is 9.85. The van der Waals surface area contributed by atoms with E-state index in [0.29, 0.717) is 17.7 Å². The number of amides is 1. The third-order valence-electron chi connectivity index (χ3n) is 6.01. The minimum atomic E-state index is 0. The van der Waals surface area contributed by atoms with Gasteiger partial charge in [-0.25, -0.2) is 0 Å². The van der Waals surface area contributed by atoms with Crippen LogP contribution in [0.5, 0.6) is 0 Å². The first kappa shape index (κ1) is 17.1. The number of carbonyl (C=O) groups is 1. The standard InChI is InChI=1S/C17H30N2O.ClH/c1-12(18)13-7-9-19(10-8-13)17(20)16-11-15(16)14-5-3-2-4-6-14;/h12-16H,2-11,18H2,1H3;1H. The van der Waals surface area contributed by atoms with E-state index in [9.17, 15) is 4.79 Å². The molecular formula is C17H31ClN2O. The Bertz CT molecular complexity index is 347. The number of rotatable bonds is 3. The van der Waals surface area contributed by atoms with E-state index in [4.69, 9.17) is 5.73 Å². The van der Waals surface area contributed by atoms with E-state index in [-0.39, 0.29) is 18.4 Å². The molecule has 1 saturated heterocycles. The number of hydrogen-bond donors (Lipinski definition) is 1. The molecule has 3 atom stereocenters. The fourth-order valence-electron chi connectivity index (χ4n) is 4.46. The summed E-state index contributed by atoms with van der Waals surface area (Å²) in [6, 6.07) is 0.281. The topological polar surface area (TPSA) is 46.3 Å². The lowest BCUT2D eigenvalue weighted by molar-refractivity contribution is -0.134. The molecule has 2 aliphatic carbocycles. The maximum absolute atomic E-state index is 12.6. The summed E-state index contributed by atoms with van der Waals surface area (Å²) in [4.78, 5) is 14.7. The molecule has 0 spiro atoms. The van der Waals surface area contributed by atoms with E-state index < -0.39 is 0 Å². The smallest absolute Gasteiger partial charge is 0.225 e. The molecule has 0 aromatic carbocycles. The average molecular weight is 315 g/mol. The van der Waals surface area contributed by atoms with E-state index >= 15 is 0 Å². The molecule has 21 heavy (non-hydrogen) atoms. The Morgan fingerprint density at radius 3 is 2.29 bits per heavy atom. The highest BCUT2D eigenvalue weighted by Crippen LogP contribution is 2.50. The number of nitrogens with zero attached hydrogens (tertiary/aromatic N) is 1. The Morgan fingerprint density at radius 2 is 1.71 bits per heavy atom. The molecule has 1 heterocycles. The van der Waals surface area contributed by atoms with Gasteiger partial charge in [-0.15, -0.1) is 12.4 Å². The first-order chi connectivity index (χ1) is 9.66. The number of hydrogen-bond acceptors (Lipinski definition) is 2. The molecular weight excluding hydrogens is 284 g/mol. The van der Waals surface area contributed by atoms with Crippen molar-refractivity contribution in [3.05, 3.63) is 0 Å². The van der Waals surface area contributed by atoms with Crippen molar-refractivity contribution in [3.8, 4) is 0 Å². The zero-order valence-electron chi connectivity index (χ0n) is 13.3. The van der Waals surface area contributed by atoms with Gasteiger partial charge in [-0.1, -0.05) is 32.1 Å². The van der Waals surface area contributed by atoms with Crippen LogP contribution < -0.4 is 5.73 Å². The van der Waals surface area contributed by atoms with Crippen molar-refractivity contribution in [2.45, 2.75) is 64.3 Å². The van der Waals surface area contributed by atoms with Gasteiger partial charge < -0.3 is 10.6 Å². The number of likely N-dealkylation sites (tertiary alicyclic amines) is 1. The highest BCUT2D eigenvalue weighted by Gasteiger charge is 2.49. The molecule has 3 unspecified atom stereocenters. The molecule has 3 aliphatic rings. The first-order valence-corrected chi connectivity index (χ1v) is 8.71. The summed E-state index contributed by atoms with van der Waals surface area (Å²) >= 11 is 0. The summed E-state index contributed by atoms with van der Waals surface area (Å²) in [6.07, 6.45) is 10.3. The monoisotopic (exact) mass is 314 g/mol. The number of carbonyl (C=O) groups excluding carboxylic acids is 1. The van der Waals surface area contributed by atoms with Gasteiger partial charge in [0.15, 0.2) is 0 Å². The molecule has 4 heteroatoms. The molecule has 3 nitrogen and oxygen atoms in total. The zero-order valence-corrected chi connectivity index (χ0v) is 14.1. The molecule has 0 radical (unpaired) electrons. The number of halogens is 1. The van der Waals surface area contributed by atoms with Crippen LogP contribution in [-0.4, -0.2) is 29.9 Å². The summed E-state index contributed by atoms with van der Waals surface area (Å²) in [5.74, 6) is 3.05. The largest absolute Gasteiger partial charge is 0.342 e. The van der Waals surface area contributed by atoms with Gasteiger partial charge in [0, 0.05) is 25.0 Å². The van der Waals surface area contributed by atoms with Crippen molar-refractivity contribution in [2.24, 2.45) is 29.4 Å². The van der Waals surface area contributed by atoms with Crippen molar-refractivity contribution >= 4 is 18.3 Å². The molecule has 2 N–H and O–H groups in total. The predicted octanol–water partition coefficient (Wildman–Crippen LogP) is 3.21. The second-order valence-electron chi connectivity index (χ2n) is 7.43. The Hall–Kier alpha value is -0.280. The Morgan fingerprint density at radius 1 is 1.10 bits per heavy atom. The van der Waals surface area contributed by atoms with Crippen molar-refractivity contribution in [3.63, 3.8) is 0 Å². The van der Waals surface area contributed by atoms with Gasteiger partial charge in [-0.2, -0.15) is 0 Å². The molecule has 3 rings (SSSR count). The zero-order chi connectivity index (χ0) is 14.1. The molecule has 0 bridgehead atoms. The van der Waals surface area contributed by atoms with Gasteiger partial charge in [-0.05, 0) is 43.9 Å². The van der Waals surface area contributed by atoms with Crippen LogP contribution in [0, 0.1) is 23.7 Å². The lowest BCUT2D eigenvalue weighted by Gasteiger charge is -2.34. The molecule has 1 aliphatic heterocycles. The van der Waals surface area contributed by atoms with Gasteiger partial charge >= 0.3 is 0 Å². The minimum absolute atomic E-state index is 0. The fraction of sp³-hybridized carbons (Fsp3) is 0.941. The summed E-state index contributed by atoms with van der Waals surface area (Å²) in [7, 11) is 0. The Kier molecular flexibility index (Phi) is 5.96. The SMILES string of the molecule is CC(N)C1CCN(C(=O)C2CC2C2CCCCC2)CC1.Cl. The predicted molar refractivity (Wildman–Crippen MR) is 88.4 cm³/mol. The first-order valence-electron chi connectivity index (χ1n) is 8.71. The summed E-state index contributed by atoms with van der Waals surface area (Å²) in [6.45, 7) is 3.99. The third-order valence-corrected chi connectivity index (χ3v) is 6.01. The van der Waals surface area contributed by atoms with Gasteiger partial charge in [0.05, 0.1) is 0 Å². The van der Waals surface area contributed by atoms with E-state index in [1.807, 2.05) is 0 Å². The second-order valence-corrected chi connectivity index (χ2v) is 7.43. The van der Waals surface area contributed by atoms with E-state index in [1.165, 1.54) is 38.5 Å². The van der Waals surface area contributed by atoms with Gasteiger partial charge in [0.25, 0.3) is 0 Å². The highest BCUT2D eigenvalue weighted by atomic mass is 35.5. The molecule has 122 valence electrons. The van der Waals surface area contributed by atoms with Gasteiger partial charge in [0.1, 0.15) is 0 Å². The quantitative estimate of drug-likeness (QED) is 0.869. The number of piperidine rings is 1. The maximum Gasteiger partial charge on any atom is 0.225 e. The average Bonchev–Trinajstić information content (AvgIpc) is 3.28. The van der Waals surface area contributed by atoms with Crippen molar-refractivity contribution in [1.29, 1.82) is 0 Å². The van der Waals surface area contributed by atoms with Crippen LogP contribution in [0.4, 0.5) is 0 Å². The molecule has 3 fully saturated rings. The van der Waals surface area contributed by atoms with Crippen LogP contribution in [-0.2, 0) is 4.79 Å². The second kappa shape index (κ2) is 7.32. The van der Waals surface area contributed by atoms with Crippen LogP contribution >= 0.6 is 12.4 Å². The molecule has 2 saturated carbocycles. The van der Waals surface area contributed by atoms with E-state index in [1.54, 1.807) is 0 Å². The lowest BCUT2D eigenvalue weighted by Crippen LogP contribution is -2.43. The number of nitrogens with two attached hydrogens (primary N) is 1. The summed E-state index contributed by atoms with van der Waals surface area (Å²) in [5, 5.41) is 0. The van der Waals surface area contributed by atoms with Crippen LogP contribution in [0.15, 0.2) is 0 Å². The maximum atomic E-state index is 12.6. The molecule has 1 amide bonds. The van der Waals surface area contributed by atoms with Crippen molar-refractivity contribution < 1.29 is 4.79 Å². The fourth-order valence-corrected chi connectivity index (χ4v) is 4.46. The summed E-state index contributed by atoms with van der Waals surface area (Å²) < 4.78 is 0. The Balaban J connectivity index is 0.00000161. The normalized spacial score (nSPS) is 32.4. The van der Waals surface area contributed by atoms with Crippen LogP contribution in [0.25, 0.3) is 0 Å². The van der Waals surface area contributed by atoms with E-state index in [2.05, 4.69) is 11.8 Å². The minimum Gasteiger partial charge on any atom is -0.342 e. The van der Waals surface area contributed by atoms with Crippen LogP contribution in [0.3, 0.4) is 0 Å². The third kappa shape index (κ3) is 3.92. The van der Waals surface area contributed by atoms with Gasteiger partial charge in [0.2, 0.25) is 5.91 Å². The highest BCUT2D eigenvalue weighted by molar-refractivity contribution is 5.85. The van der Waals surface area contributed by atoms with Crippen molar-refractivity contribution in [2.75, 3.05) is 13.1 Å². The van der Waals surface area contributed by atoms with Crippen LogP contribution in [0.2, 0.25) is 0 Å². The Labute approximate surface area is 135 Å².